The number of rotatable bonds is 8. The Balaban J connectivity index is 1.25. The molecule has 0 unspecified atom stereocenters. The average molecular weight is 477 g/mol. The lowest BCUT2D eigenvalue weighted by Crippen LogP contribution is -2.48. The van der Waals surface area contributed by atoms with Crippen molar-refractivity contribution in [3.05, 3.63) is 57.6 Å². The first-order valence-electron chi connectivity index (χ1n) is 13.6. The third-order valence-electron chi connectivity index (χ3n) is 9.21. The van der Waals surface area contributed by atoms with Gasteiger partial charge in [0.1, 0.15) is 11.5 Å². The van der Waals surface area contributed by atoms with E-state index in [1.54, 1.807) is 0 Å². The molecule has 0 saturated heterocycles. The second-order valence-corrected chi connectivity index (χ2v) is 12.6. The second kappa shape index (κ2) is 9.44. The first-order valence-corrected chi connectivity index (χ1v) is 13.6. The maximum Gasteiger partial charge on any atom is 0.123 e. The molecule has 0 heterocycles. The van der Waals surface area contributed by atoms with Gasteiger partial charge >= 0.3 is 0 Å². The molecule has 4 fully saturated rings. The number of benzene rings is 2. The fourth-order valence-corrected chi connectivity index (χ4v) is 8.07. The molecule has 4 saturated carbocycles. The highest BCUT2D eigenvalue weighted by Gasteiger charge is 2.52. The van der Waals surface area contributed by atoms with Crippen LogP contribution < -0.4 is 0 Å². The molecule has 0 spiro atoms. The molecule has 4 aliphatic carbocycles. The van der Waals surface area contributed by atoms with Crippen molar-refractivity contribution in [3.8, 4) is 11.5 Å². The summed E-state index contributed by atoms with van der Waals surface area (Å²) in [5.74, 6) is 3.61. The molecule has 4 heteroatoms. The molecule has 0 aromatic heterocycles. The highest BCUT2D eigenvalue weighted by Crippen LogP contribution is 2.62. The van der Waals surface area contributed by atoms with Crippen molar-refractivity contribution in [2.45, 2.75) is 77.8 Å². The van der Waals surface area contributed by atoms with E-state index in [2.05, 4.69) is 55.9 Å². The summed E-state index contributed by atoms with van der Waals surface area (Å²) < 4.78 is 0. The molecule has 0 aliphatic heterocycles. The number of phenolic OH excluding ortho intramolecular Hbond substituents is 2. The van der Waals surface area contributed by atoms with E-state index in [-0.39, 0.29) is 5.41 Å². The van der Waals surface area contributed by atoms with Crippen molar-refractivity contribution in [1.29, 1.82) is 0 Å². The Morgan fingerprint density at radius 3 is 1.69 bits per heavy atom. The van der Waals surface area contributed by atoms with Crippen LogP contribution in [0.3, 0.4) is 0 Å². The SMILES string of the molecule is Cc1cc(C)c(O)c(CN(C)CCN(C)Cc2cc(C)cc(C34CC5CC(CC(C5)C3)C4)c2O)c1. The summed E-state index contributed by atoms with van der Waals surface area (Å²) >= 11 is 0. The van der Waals surface area contributed by atoms with Gasteiger partial charge in [0.15, 0.2) is 0 Å². The van der Waals surface area contributed by atoms with E-state index in [1.807, 2.05) is 13.0 Å². The van der Waals surface area contributed by atoms with Gasteiger partial charge in [-0.15, -0.1) is 0 Å². The molecule has 190 valence electrons. The summed E-state index contributed by atoms with van der Waals surface area (Å²) in [6.45, 7) is 9.53. The van der Waals surface area contributed by atoms with Crippen molar-refractivity contribution in [1.82, 2.24) is 9.80 Å². The quantitative estimate of drug-likeness (QED) is 0.487. The van der Waals surface area contributed by atoms with Crippen LogP contribution in [0.2, 0.25) is 0 Å². The zero-order valence-corrected chi connectivity index (χ0v) is 22.4. The fraction of sp³-hybridized carbons (Fsp3) is 0.613. The van der Waals surface area contributed by atoms with Crippen LogP contribution in [0.4, 0.5) is 0 Å². The molecular weight excluding hydrogens is 432 g/mol. The Kier molecular flexibility index (Phi) is 6.65. The molecule has 0 amide bonds. The predicted molar refractivity (Wildman–Crippen MR) is 143 cm³/mol. The van der Waals surface area contributed by atoms with E-state index in [9.17, 15) is 10.2 Å². The minimum Gasteiger partial charge on any atom is -0.507 e. The molecule has 2 aromatic carbocycles. The van der Waals surface area contributed by atoms with E-state index in [4.69, 9.17) is 0 Å². The molecule has 4 nitrogen and oxygen atoms in total. The van der Waals surface area contributed by atoms with Crippen LogP contribution in [0.25, 0.3) is 0 Å². The van der Waals surface area contributed by atoms with Crippen LogP contribution in [-0.4, -0.2) is 47.2 Å². The van der Waals surface area contributed by atoms with E-state index < -0.39 is 0 Å². The summed E-state index contributed by atoms with van der Waals surface area (Å²) in [6.07, 6.45) is 8.11. The largest absolute Gasteiger partial charge is 0.507 e. The first kappa shape index (κ1) is 24.6. The number of likely N-dealkylation sites (N-methyl/N-ethyl adjacent to an activating group) is 2. The zero-order chi connectivity index (χ0) is 24.9. The second-order valence-electron chi connectivity index (χ2n) is 12.6. The molecule has 6 rings (SSSR count). The molecule has 0 atom stereocenters. The number of hydrogen-bond acceptors (Lipinski definition) is 4. The van der Waals surface area contributed by atoms with Crippen LogP contribution in [0.15, 0.2) is 24.3 Å². The van der Waals surface area contributed by atoms with Gasteiger partial charge in [-0.2, -0.15) is 0 Å². The summed E-state index contributed by atoms with van der Waals surface area (Å²) in [7, 11) is 4.26. The molecular formula is C31H44N2O2. The van der Waals surface area contributed by atoms with Crippen molar-refractivity contribution in [3.63, 3.8) is 0 Å². The normalized spacial score (nSPS) is 27.3. The van der Waals surface area contributed by atoms with Gasteiger partial charge in [-0.25, -0.2) is 0 Å². The Bertz CT molecular complexity index is 1060. The highest BCUT2D eigenvalue weighted by molar-refractivity contribution is 5.49. The molecule has 4 aliphatic rings. The monoisotopic (exact) mass is 476 g/mol. The Hall–Kier alpha value is -2.04. The molecule has 2 N–H and O–H groups in total. The smallest absolute Gasteiger partial charge is 0.123 e. The van der Waals surface area contributed by atoms with E-state index in [1.165, 1.54) is 55.2 Å². The number of hydrogen-bond donors (Lipinski definition) is 2. The van der Waals surface area contributed by atoms with Gasteiger partial charge in [0.05, 0.1) is 0 Å². The summed E-state index contributed by atoms with van der Waals surface area (Å²) in [4.78, 5) is 4.58. The Morgan fingerprint density at radius 2 is 1.17 bits per heavy atom. The van der Waals surface area contributed by atoms with E-state index in [0.717, 1.165) is 60.6 Å². The van der Waals surface area contributed by atoms with Gasteiger partial charge in [0.25, 0.3) is 0 Å². The van der Waals surface area contributed by atoms with Gasteiger partial charge in [0, 0.05) is 42.9 Å². The molecule has 4 bridgehead atoms. The van der Waals surface area contributed by atoms with E-state index in [0.29, 0.717) is 11.5 Å². The van der Waals surface area contributed by atoms with Crippen molar-refractivity contribution >= 4 is 0 Å². The van der Waals surface area contributed by atoms with Crippen LogP contribution in [0.1, 0.15) is 71.9 Å². The lowest BCUT2D eigenvalue weighted by atomic mass is 9.48. The number of aryl methyl sites for hydroxylation is 3. The molecule has 2 aromatic rings. The van der Waals surface area contributed by atoms with E-state index >= 15 is 0 Å². The highest BCUT2D eigenvalue weighted by atomic mass is 16.3. The third kappa shape index (κ3) is 4.97. The first-order chi connectivity index (χ1) is 16.6. The molecule has 0 radical (unpaired) electrons. The van der Waals surface area contributed by atoms with Crippen molar-refractivity contribution in [2.24, 2.45) is 17.8 Å². The van der Waals surface area contributed by atoms with Gasteiger partial charge in [0.2, 0.25) is 0 Å². The topological polar surface area (TPSA) is 46.9 Å². The lowest BCUT2D eigenvalue weighted by Gasteiger charge is -2.57. The minimum absolute atomic E-state index is 0.215. The lowest BCUT2D eigenvalue weighted by molar-refractivity contribution is -0.00624. The van der Waals surface area contributed by atoms with Crippen LogP contribution in [0, 0.1) is 38.5 Å². The Labute approximate surface area is 212 Å². The van der Waals surface area contributed by atoms with Gasteiger partial charge in [-0.3, -0.25) is 0 Å². The van der Waals surface area contributed by atoms with Crippen LogP contribution >= 0.6 is 0 Å². The number of aromatic hydroxyl groups is 2. The zero-order valence-electron chi connectivity index (χ0n) is 22.4. The summed E-state index contributed by atoms with van der Waals surface area (Å²) in [6, 6.07) is 8.60. The standard InChI is InChI=1S/C31H44N2O2/c1-20-8-22(3)29(34)26(9-20)18-32(4)6-7-33(5)19-27-10-21(2)11-28(30(27)35)31-15-23-12-24(16-31)14-25(13-23)17-31/h8-11,23-25,34-35H,6-7,12-19H2,1-5H3. The summed E-state index contributed by atoms with van der Waals surface area (Å²) in [5.41, 5.74) is 6.94. The third-order valence-corrected chi connectivity index (χ3v) is 9.21. The van der Waals surface area contributed by atoms with Gasteiger partial charge < -0.3 is 20.0 Å². The number of phenols is 2. The van der Waals surface area contributed by atoms with Crippen molar-refractivity contribution < 1.29 is 10.2 Å². The summed E-state index contributed by atoms with van der Waals surface area (Å²) in [5, 5.41) is 22.0. The van der Waals surface area contributed by atoms with Gasteiger partial charge in [-0.1, -0.05) is 35.4 Å². The number of nitrogens with zero attached hydrogens (tertiary/aromatic N) is 2. The van der Waals surface area contributed by atoms with Crippen molar-refractivity contribution in [2.75, 3.05) is 27.2 Å². The molecule has 35 heavy (non-hydrogen) atoms. The van der Waals surface area contributed by atoms with Gasteiger partial charge in [-0.05, 0) is 102 Å². The maximum atomic E-state index is 11.5. The fourth-order valence-electron chi connectivity index (χ4n) is 8.07. The van der Waals surface area contributed by atoms with Crippen LogP contribution in [0.5, 0.6) is 11.5 Å². The van der Waals surface area contributed by atoms with Crippen LogP contribution in [-0.2, 0) is 18.5 Å². The minimum atomic E-state index is 0.215. The Morgan fingerprint density at radius 1 is 0.714 bits per heavy atom. The predicted octanol–water partition coefficient (Wildman–Crippen LogP) is 6.05. The average Bonchev–Trinajstić information content (AvgIpc) is 2.77. The maximum absolute atomic E-state index is 11.5.